The maximum absolute atomic E-state index is 12.6. The van der Waals surface area contributed by atoms with E-state index in [0.717, 1.165) is 30.1 Å². The molecule has 0 saturated heterocycles. The Balaban J connectivity index is 1.43. The molecule has 0 aliphatic heterocycles. The van der Waals surface area contributed by atoms with E-state index in [4.69, 9.17) is 4.74 Å². The Bertz CT molecular complexity index is 593. The highest BCUT2D eigenvalue weighted by atomic mass is 16.5. The summed E-state index contributed by atoms with van der Waals surface area (Å²) >= 11 is 0. The summed E-state index contributed by atoms with van der Waals surface area (Å²) in [7, 11) is 0. The van der Waals surface area contributed by atoms with Gasteiger partial charge in [0.1, 0.15) is 5.75 Å². The summed E-state index contributed by atoms with van der Waals surface area (Å²) in [6.45, 7) is 0. The summed E-state index contributed by atoms with van der Waals surface area (Å²) in [6.07, 6.45) is 6.16. The van der Waals surface area contributed by atoms with Crippen LogP contribution in [0.1, 0.15) is 19.3 Å². The average Bonchev–Trinajstić information content (AvgIpc) is 3.09. The molecule has 0 N–H and O–H groups in total. The molecule has 2 nitrogen and oxygen atoms in total. The Morgan fingerprint density at radius 3 is 2.70 bits per heavy atom. The van der Waals surface area contributed by atoms with E-state index in [0.29, 0.717) is 11.7 Å². The van der Waals surface area contributed by atoms with Gasteiger partial charge in [-0.1, -0.05) is 29.8 Å². The van der Waals surface area contributed by atoms with Crippen molar-refractivity contribution in [2.45, 2.75) is 19.3 Å². The number of carbonyl (C=O) groups excluding carboxylic acids is 1. The molecule has 5 rings (SSSR count). The molecule has 0 spiro atoms. The third kappa shape index (κ3) is 1.37. The van der Waals surface area contributed by atoms with E-state index in [1.165, 1.54) is 18.4 Å². The number of hydrogen-bond acceptors (Lipinski definition) is 2. The van der Waals surface area contributed by atoms with E-state index in [1.807, 2.05) is 30.3 Å². The van der Waals surface area contributed by atoms with E-state index >= 15 is 0 Å². The Kier molecular flexibility index (Phi) is 2.09. The molecule has 3 fully saturated rings. The molecule has 1 aromatic rings. The molecule has 2 heteroatoms. The average molecular weight is 266 g/mol. The summed E-state index contributed by atoms with van der Waals surface area (Å²) in [5.74, 6) is 4.73. The lowest BCUT2D eigenvalue weighted by molar-refractivity contribution is -0.139. The second kappa shape index (κ2) is 3.75. The molecule has 4 aliphatic carbocycles. The highest BCUT2D eigenvalue weighted by Gasteiger charge is 2.66. The Morgan fingerprint density at radius 1 is 1.05 bits per heavy atom. The first-order valence-electron chi connectivity index (χ1n) is 7.78. The van der Waals surface area contributed by atoms with E-state index < -0.39 is 0 Å². The lowest BCUT2D eigenvalue weighted by Gasteiger charge is -2.29. The molecular formula is C18H18O2. The highest BCUT2D eigenvalue weighted by Crippen LogP contribution is 2.71. The van der Waals surface area contributed by atoms with Gasteiger partial charge in [-0.15, -0.1) is 0 Å². The summed E-state index contributed by atoms with van der Waals surface area (Å²) in [5, 5.41) is 0. The second-order valence-corrected chi connectivity index (χ2v) is 6.90. The quantitative estimate of drug-likeness (QED) is 0.465. The Morgan fingerprint density at radius 2 is 1.85 bits per heavy atom. The van der Waals surface area contributed by atoms with Crippen LogP contribution < -0.4 is 4.74 Å². The van der Waals surface area contributed by atoms with Crippen LogP contribution in [0.2, 0.25) is 0 Å². The number of carbonyl (C=O) groups is 1. The fourth-order valence-corrected chi connectivity index (χ4v) is 5.34. The van der Waals surface area contributed by atoms with Crippen LogP contribution in [0.15, 0.2) is 42.0 Å². The highest BCUT2D eigenvalue weighted by molar-refractivity contribution is 5.80. The zero-order valence-corrected chi connectivity index (χ0v) is 11.4. The number of para-hydroxylation sites is 1. The maximum Gasteiger partial charge on any atom is 0.318 e. The van der Waals surface area contributed by atoms with E-state index in [1.54, 1.807) is 0 Å². The van der Waals surface area contributed by atoms with Gasteiger partial charge in [-0.25, -0.2) is 0 Å². The maximum atomic E-state index is 12.6. The van der Waals surface area contributed by atoms with Gasteiger partial charge in [-0.3, -0.25) is 4.79 Å². The molecule has 6 unspecified atom stereocenters. The van der Waals surface area contributed by atoms with Crippen LogP contribution >= 0.6 is 0 Å². The number of fused-ring (bicyclic) bond motifs is 4. The van der Waals surface area contributed by atoms with E-state index in [-0.39, 0.29) is 11.9 Å². The number of esters is 1. The number of benzene rings is 1. The van der Waals surface area contributed by atoms with Crippen molar-refractivity contribution in [2.24, 2.45) is 35.5 Å². The van der Waals surface area contributed by atoms with Crippen molar-refractivity contribution < 1.29 is 9.53 Å². The number of hydrogen-bond donors (Lipinski definition) is 0. The van der Waals surface area contributed by atoms with Crippen LogP contribution in [0.25, 0.3) is 0 Å². The number of rotatable bonds is 2. The molecule has 0 amide bonds. The van der Waals surface area contributed by atoms with Gasteiger partial charge in [-0.2, -0.15) is 0 Å². The fourth-order valence-electron chi connectivity index (χ4n) is 5.34. The summed E-state index contributed by atoms with van der Waals surface area (Å²) < 4.78 is 5.63. The van der Waals surface area contributed by atoms with E-state index in [2.05, 4.69) is 6.08 Å². The minimum absolute atomic E-state index is 0.0130. The van der Waals surface area contributed by atoms with Crippen molar-refractivity contribution in [3.05, 3.63) is 42.0 Å². The molecule has 20 heavy (non-hydrogen) atoms. The SMILES string of the molecule is O=C(Oc1ccccc1)C1C2=CCC3C4CC4C(C2)C13. The molecule has 102 valence electrons. The number of ether oxygens (including phenoxy) is 1. The topological polar surface area (TPSA) is 26.3 Å². The molecule has 0 heterocycles. The zero-order chi connectivity index (χ0) is 13.3. The second-order valence-electron chi connectivity index (χ2n) is 6.90. The third-order valence-electron chi connectivity index (χ3n) is 6.10. The molecule has 3 saturated carbocycles. The van der Waals surface area contributed by atoms with Gasteiger partial charge in [0.15, 0.2) is 0 Å². The van der Waals surface area contributed by atoms with Crippen LogP contribution in [-0.2, 0) is 4.79 Å². The van der Waals surface area contributed by atoms with Crippen LogP contribution in [-0.4, -0.2) is 5.97 Å². The number of allylic oxidation sites excluding steroid dienone is 1. The molecule has 4 aliphatic rings. The first kappa shape index (κ1) is 11.1. The fraction of sp³-hybridized carbons (Fsp3) is 0.500. The smallest absolute Gasteiger partial charge is 0.318 e. The van der Waals surface area contributed by atoms with Gasteiger partial charge < -0.3 is 4.74 Å². The van der Waals surface area contributed by atoms with Gasteiger partial charge >= 0.3 is 5.97 Å². The normalized spacial score (nSPS) is 42.9. The Labute approximate surface area is 118 Å². The van der Waals surface area contributed by atoms with Gasteiger partial charge in [0.25, 0.3) is 0 Å². The minimum Gasteiger partial charge on any atom is -0.426 e. The van der Waals surface area contributed by atoms with Crippen LogP contribution in [0.5, 0.6) is 5.75 Å². The van der Waals surface area contributed by atoms with Gasteiger partial charge in [-0.05, 0) is 61.0 Å². The van der Waals surface area contributed by atoms with Crippen LogP contribution in [0.3, 0.4) is 0 Å². The van der Waals surface area contributed by atoms with E-state index in [9.17, 15) is 4.79 Å². The first-order valence-corrected chi connectivity index (χ1v) is 7.78. The lowest BCUT2D eigenvalue weighted by Crippen LogP contribution is -2.32. The van der Waals surface area contributed by atoms with Crippen molar-refractivity contribution in [2.75, 3.05) is 0 Å². The molecule has 2 bridgehead atoms. The third-order valence-corrected chi connectivity index (χ3v) is 6.10. The predicted molar refractivity (Wildman–Crippen MR) is 75.0 cm³/mol. The van der Waals surface area contributed by atoms with Crippen LogP contribution in [0, 0.1) is 35.5 Å². The largest absolute Gasteiger partial charge is 0.426 e. The summed E-state index contributed by atoms with van der Waals surface area (Å²) in [4.78, 5) is 12.6. The molecule has 0 radical (unpaired) electrons. The van der Waals surface area contributed by atoms with Gasteiger partial charge in [0.05, 0.1) is 5.92 Å². The Hall–Kier alpha value is -1.57. The van der Waals surface area contributed by atoms with Crippen molar-refractivity contribution in [3.8, 4) is 5.75 Å². The minimum atomic E-state index is -0.0130. The van der Waals surface area contributed by atoms with Gasteiger partial charge in [0.2, 0.25) is 0 Å². The molecule has 1 aromatic carbocycles. The monoisotopic (exact) mass is 266 g/mol. The van der Waals surface area contributed by atoms with Crippen molar-refractivity contribution >= 4 is 5.97 Å². The zero-order valence-electron chi connectivity index (χ0n) is 11.4. The predicted octanol–water partition coefficient (Wildman–Crippen LogP) is 3.44. The molecule has 0 aromatic heterocycles. The van der Waals surface area contributed by atoms with Crippen molar-refractivity contribution in [1.29, 1.82) is 0 Å². The van der Waals surface area contributed by atoms with Crippen molar-refractivity contribution in [3.63, 3.8) is 0 Å². The molecular weight excluding hydrogens is 248 g/mol. The van der Waals surface area contributed by atoms with Gasteiger partial charge in [0, 0.05) is 0 Å². The lowest BCUT2D eigenvalue weighted by atomic mass is 9.75. The summed E-state index contributed by atoms with van der Waals surface area (Å²) in [5.41, 5.74) is 1.38. The summed E-state index contributed by atoms with van der Waals surface area (Å²) in [6, 6.07) is 9.50. The first-order chi connectivity index (χ1) is 9.83. The molecule has 6 atom stereocenters. The standard InChI is InChI=1S/C18H18O2/c19-18(20-11-4-2-1-3-5-11)16-10-6-7-12-13-9-14(13)15(8-10)17(12)16/h1-6,12-17H,7-9H2. The van der Waals surface area contributed by atoms with Crippen LogP contribution in [0.4, 0.5) is 0 Å². The van der Waals surface area contributed by atoms with Crippen molar-refractivity contribution in [1.82, 2.24) is 0 Å².